The zero-order valence-corrected chi connectivity index (χ0v) is 14.5. The number of fused-ring (bicyclic) bond motifs is 1. The van der Waals surface area contributed by atoms with Crippen molar-refractivity contribution >= 4 is 11.6 Å². The molecule has 2 aromatic heterocycles. The van der Waals surface area contributed by atoms with Gasteiger partial charge in [0.2, 0.25) is 0 Å². The van der Waals surface area contributed by atoms with Crippen LogP contribution in [0, 0.1) is 5.92 Å². The van der Waals surface area contributed by atoms with Gasteiger partial charge in [0.15, 0.2) is 0 Å². The standard InChI is InChI=1S/C18H24ClN3O2/c19-14-8-21-22(11-14)10-12-5-16(17(23)6-12)20-9-15-7-13-3-1-2-4-18(13)24-15/h7-8,11-12,16-17,20,23H,1-6,9-10H2/t12?,16-,17-/m1/s1. The molecule has 1 unspecified atom stereocenters. The number of halogens is 1. The lowest BCUT2D eigenvalue weighted by Gasteiger charge is -2.15. The summed E-state index contributed by atoms with van der Waals surface area (Å²) in [6, 6.07) is 2.30. The van der Waals surface area contributed by atoms with E-state index in [1.54, 1.807) is 6.20 Å². The molecule has 0 amide bonds. The maximum Gasteiger partial charge on any atom is 0.118 e. The van der Waals surface area contributed by atoms with Gasteiger partial charge >= 0.3 is 0 Å². The molecule has 0 aliphatic heterocycles. The first-order chi connectivity index (χ1) is 11.7. The molecule has 0 saturated heterocycles. The summed E-state index contributed by atoms with van der Waals surface area (Å²) in [5, 5.41) is 18.7. The predicted octanol–water partition coefficient (Wildman–Crippen LogP) is 2.94. The third-order valence-corrected chi connectivity index (χ3v) is 5.45. The Kier molecular flexibility index (Phi) is 4.66. The highest BCUT2D eigenvalue weighted by Crippen LogP contribution is 2.29. The normalized spacial score (nSPS) is 26.7. The fourth-order valence-corrected chi connectivity index (χ4v) is 4.22. The van der Waals surface area contributed by atoms with Gasteiger partial charge in [-0.25, -0.2) is 0 Å². The third-order valence-electron chi connectivity index (χ3n) is 5.26. The molecule has 2 aliphatic rings. The van der Waals surface area contributed by atoms with Crippen LogP contribution in [0.1, 0.15) is 42.8 Å². The van der Waals surface area contributed by atoms with Crippen LogP contribution in [0.25, 0.3) is 0 Å². The second-order valence-electron chi connectivity index (χ2n) is 7.14. The molecular weight excluding hydrogens is 326 g/mol. The Hall–Kier alpha value is -1.30. The highest BCUT2D eigenvalue weighted by atomic mass is 35.5. The second-order valence-corrected chi connectivity index (χ2v) is 7.58. The molecule has 0 spiro atoms. The van der Waals surface area contributed by atoms with Crippen molar-refractivity contribution < 1.29 is 9.52 Å². The van der Waals surface area contributed by atoms with Crippen LogP contribution < -0.4 is 5.32 Å². The molecule has 5 nitrogen and oxygen atoms in total. The van der Waals surface area contributed by atoms with E-state index in [2.05, 4.69) is 16.5 Å². The summed E-state index contributed by atoms with van der Waals surface area (Å²) < 4.78 is 7.82. The lowest BCUT2D eigenvalue weighted by molar-refractivity contribution is 0.144. The summed E-state index contributed by atoms with van der Waals surface area (Å²) >= 11 is 5.91. The van der Waals surface area contributed by atoms with E-state index in [1.165, 1.54) is 24.2 Å². The molecule has 2 N–H and O–H groups in total. The van der Waals surface area contributed by atoms with Crippen molar-refractivity contribution in [2.75, 3.05) is 0 Å². The van der Waals surface area contributed by atoms with E-state index in [4.69, 9.17) is 16.0 Å². The van der Waals surface area contributed by atoms with Crippen LogP contribution in [0.15, 0.2) is 22.9 Å². The Bertz CT molecular complexity index is 673. The molecule has 0 bridgehead atoms. The second kappa shape index (κ2) is 6.90. The van der Waals surface area contributed by atoms with Gasteiger partial charge in [-0.15, -0.1) is 0 Å². The van der Waals surface area contributed by atoms with E-state index >= 15 is 0 Å². The van der Waals surface area contributed by atoms with Gasteiger partial charge in [0.25, 0.3) is 0 Å². The van der Waals surface area contributed by atoms with Crippen LogP contribution in [0.2, 0.25) is 5.02 Å². The molecular formula is C18H24ClN3O2. The molecule has 4 rings (SSSR count). The molecule has 2 heterocycles. The Labute approximate surface area is 147 Å². The van der Waals surface area contributed by atoms with Gasteiger partial charge in [0.1, 0.15) is 11.5 Å². The smallest absolute Gasteiger partial charge is 0.118 e. The highest BCUT2D eigenvalue weighted by Gasteiger charge is 2.33. The zero-order chi connectivity index (χ0) is 16.5. The zero-order valence-electron chi connectivity index (χ0n) is 13.7. The average molecular weight is 350 g/mol. The fraction of sp³-hybridized carbons (Fsp3) is 0.611. The monoisotopic (exact) mass is 349 g/mol. The minimum atomic E-state index is -0.314. The van der Waals surface area contributed by atoms with Crippen LogP contribution in [-0.4, -0.2) is 27.0 Å². The van der Waals surface area contributed by atoms with Crippen LogP contribution in [-0.2, 0) is 25.9 Å². The number of hydrogen-bond donors (Lipinski definition) is 2. The maximum absolute atomic E-state index is 10.3. The summed E-state index contributed by atoms with van der Waals surface area (Å²) in [4.78, 5) is 0. The number of aliphatic hydroxyl groups is 1. The van der Waals surface area contributed by atoms with Gasteiger partial charge in [-0.2, -0.15) is 5.10 Å². The van der Waals surface area contributed by atoms with E-state index in [-0.39, 0.29) is 12.1 Å². The largest absolute Gasteiger partial charge is 0.464 e. The number of nitrogens with one attached hydrogen (secondary N) is 1. The molecule has 0 aromatic carbocycles. The van der Waals surface area contributed by atoms with Crippen molar-refractivity contribution in [2.45, 2.75) is 63.8 Å². The van der Waals surface area contributed by atoms with Crippen LogP contribution in [0.3, 0.4) is 0 Å². The highest BCUT2D eigenvalue weighted by molar-refractivity contribution is 6.30. The summed E-state index contributed by atoms with van der Waals surface area (Å²) in [5.41, 5.74) is 1.37. The lowest BCUT2D eigenvalue weighted by Crippen LogP contribution is -2.35. The molecule has 130 valence electrons. The lowest BCUT2D eigenvalue weighted by atomic mass is 9.99. The number of aryl methyl sites for hydroxylation is 2. The Morgan fingerprint density at radius 1 is 1.33 bits per heavy atom. The Morgan fingerprint density at radius 2 is 2.21 bits per heavy atom. The molecule has 3 atom stereocenters. The first-order valence-electron chi connectivity index (χ1n) is 8.87. The number of rotatable bonds is 5. The first-order valence-corrected chi connectivity index (χ1v) is 9.25. The Balaban J connectivity index is 1.31. The summed E-state index contributed by atoms with van der Waals surface area (Å²) in [6.07, 6.45) is 9.61. The molecule has 0 radical (unpaired) electrons. The third kappa shape index (κ3) is 3.53. The summed E-state index contributed by atoms with van der Waals surface area (Å²) in [7, 11) is 0. The Morgan fingerprint density at radius 3 is 3.00 bits per heavy atom. The van der Waals surface area contributed by atoms with Gasteiger partial charge in [-0.1, -0.05) is 11.6 Å². The molecule has 6 heteroatoms. The SMILES string of the molecule is O[C@@H]1CC(Cn2cc(Cl)cn2)C[C@H]1NCc1cc2c(o1)CCCC2. The molecule has 2 aromatic rings. The molecule has 1 saturated carbocycles. The van der Waals surface area contributed by atoms with Gasteiger partial charge in [-0.05, 0) is 49.7 Å². The van der Waals surface area contributed by atoms with Crippen molar-refractivity contribution in [1.29, 1.82) is 0 Å². The van der Waals surface area contributed by atoms with Crippen LogP contribution in [0.4, 0.5) is 0 Å². The van der Waals surface area contributed by atoms with Crippen LogP contribution in [0.5, 0.6) is 0 Å². The summed E-state index contributed by atoms with van der Waals surface area (Å²) in [6.45, 7) is 1.49. The molecule has 24 heavy (non-hydrogen) atoms. The van der Waals surface area contributed by atoms with E-state index in [0.717, 1.165) is 38.0 Å². The van der Waals surface area contributed by atoms with Gasteiger partial charge in [0, 0.05) is 25.2 Å². The van der Waals surface area contributed by atoms with Crippen molar-refractivity contribution in [2.24, 2.45) is 5.92 Å². The average Bonchev–Trinajstić information content (AvgIpc) is 3.24. The molecule has 2 aliphatic carbocycles. The maximum atomic E-state index is 10.3. The number of hydrogen-bond acceptors (Lipinski definition) is 4. The minimum absolute atomic E-state index is 0.114. The van der Waals surface area contributed by atoms with Crippen molar-refractivity contribution in [3.63, 3.8) is 0 Å². The van der Waals surface area contributed by atoms with Crippen molar-refractivity contribution in [1.82, 2.24) is 15.1 Å². The van der Waals surface area contributed by atoms with E-state index in [1.807, 2.05) is 10.9 Å². The van der Waals surface area contributed by atoms with Gasteiger partial charge < -0.3 is 14.8 Å². The summed E-state index contributed by atoms with van der Waals surface area (Å²) in [5.74, 6) is 2.58. The minimum Gasteiger partial charge on any atom is -0.464 e. The predicted molar refractivity (Wildman–Crippen MR) is 91.9 cm³/mol. The number of aliphatic hydroxyl groups excluding tert-OH is 1. The number of aromatic nitrogens is 2. The van der Waals surface area contributed by atoms with Gasteiger partial charge in [0.05, 0.1) is 23.9 Å². The number of furan rings is 1. The van der Waals surface area contributed by atoms with E-state index < -0.39 is 0 Å². The fourth-order valence-electron chi connectivity index (χ4n) is 4.06. The topological polar surface area (TPSA) is 63.2 Å². The first kappa shape index (κ1) is 16.2. The quantitative estimate of drug-likeness (QED) is 0.871. The van der Waals surface area contributed by atoms with Crippen molar-refractivity contribution in [3.05, 3.63) is 40.6 Å². The van der Waals surface area contributed by atoms with Crippen molar-refractivity contribution in [3.8, 4) is 0 Å². The van der Waals surface area contributed by atoms with E-state index in [9.17, 15) is 5.11 Å². The molecule has 1 fully saturated rings. The number of nitrogens with zero attached hydrogens (tertiary/aromatic N) is 2. The van der Waals surface area contributed by atoms with Gasteiger partial charge in [-0.3, -0.25) is 4.68 Å². The van der Waals surface area contributed by atoms with Crippen LogP contribution >= 0.6 is 11.6 Å². The van der Waals surface area contributed by atoms with E-state index in [0.29, 0.717) is 17.5 Å².